The van der Waals surface area contributed by atoms with Crippen molar-refractivity contribution in [3.05, 3.63) is 65.5 Å². The van der Waals surface area contributed by atoms with Crippen LogP contribution in [0.3, 0.4) is 0 Å². The van der Waals surface area contributed by atoms with Crippen LogP contribution >= 0.6 is 0 Å². The van der Waals surface area contributed by atoms with Gasteiger partial charge in [-0.3, -0.25) is 19.4 Å². The summed E-state index contributed by atoms with van der Waals surface area (Å²) in [6, 6.07) is 11.3. The molecule has 2 aromatic carbocycles. The number of halogens is 1. The van der Waals surface area contributed by atoms with E-state index in [9.17, 15) is 18.8 Å². The van der Waals surface area contributed by atoms with E-state index in [1.165, 1.54) is 28.0 Å². The third-order valence-corrected chi connectivity index (χ3v) is 7.31. The molecule has 2 fully saturated rings. The molecule has 2 aromatic rings. The summed E-state index contributed by atoms with van der Waals surface area (Å²) in [6.45, 7) is 4.19. The fourth-order valence-electron chi connectivity index (χ4n) is 5.46. The molecular formula is C29H36FN3O4. The van der Waals surface area contributed by atoms with Crippen molar-refractivity contribution in [3.8, 4) is 0 Å². The molecule has 8 heteroatoms. The Morgan fingerprint density at radius 2 is 1.81 bits per heavy atom. The van der Waals surface area contributed by atoms with Crippen molar-refractivity contribution >= 4 is 23.6 Å². The number of ether oxygens (including phenoxy) is 1. The van der Waals surface area contributed by atoms with Gasteiger partial charge in [0.2, 0.25) is 5.91 Å². The van der Waals surface area contributed by atoms with E-state index >= 15 is 0 Å². The highest BCUT2D eigenvalue weighted by Gasteiger charge is 2.43. The zero-order valence-electron chi connectivity index (χ0n) is 21.6. The van der Waals surface area contributed by atoms with Crippen LogP contribution in [0.1, 0.15) is 69.0 Å². The predicted molar refractivity (Wildman–Crippen MR) is 140 cm³/mol. The molecule has 1 unspecified atom stereocenters. The van der Waals surface area contributed by atoms with Gasteiger partial charge in [0.05, 0.1) is 6.61 Å². The van der Waals surface area contributed by atoms with Crippen molar-refractivity contribution < 1.29 is 23.5 Å². The summed E-state index contributed by atoms with van der Waals surface area (Å²) >= 11 is 0. The van der Waals surface area contributed by atoms with Crippen LogP contribution in [0.2, 0.25) is 0 Å². The SMILES string of the molecule is CCOC(=O)N1CCC[C@H]1C(=O)N(c1cccc(F)c1)C(C(=O)NC1CCCCC1)c1ccccc1C. The van der Waals surface area contributed by atoms with E-state index in [0.29, 0.717) is 24.9 Å². The van der Waals surface area contributed by atoms with Crippen LogP contribution in [0.15, 0.2) is 48.5 Å². The van der Waals surface area contributed by atoms with Crippen molar-refractivity contribution in [3.63, 3.8) is 0 Å². The van der Waals surface area contributed by atoms with Crippen molar-refractivity contribution in [1.82, 2.24) is 10.2 Å². The second kappa shape index (κ2) is 12.2. The summed E-state index contributed by atoms with van der Waals surface area (Å²) in [6.07, 6.45) is 5.53. The largest absolute Gasteiger partial charge is 0.450 e. The van der Waals surface area contributed by atoms with E-state index in [1.54, 1.807) is 13.0 Å². The molecule has 0 bridgehead atoms. The van der Waals surface area contributed by atoms with Gasteiger partial charge in [-0.15, -0.1) is 0 Å². The van der Waals surface area contributed by atoms with Gasteiger partial charge < -0.3 is 10.1 Å². The van der Waals surface area contributed by atoms with Crippen molar-refractivity contribution in [2.75, 3.05) is 18.1 Å². The summed E-state index contributed by atoms with van der Waals surface area (Å²) in [5.74, 6) is -1.25. The number of hydrogen-bond donors (Lipinski definition) is 1. The van der Waals surface area contributed by atoms with Gasteiger partial charge in [0.1, 0.15) is 17.9 Å². The molecule has 2 aliphatic rings. The molecule has 1 saturated carbocycles. The number of hydrogen-bond acceptors (Lipinski definition) is 4. The molecule has 1 N–H and O–H groups in total. The summed E-state index contributed by atoms with van der Waals surface area (Å²) in [5, 5.41) is 3.18. The lowest BCUT2D eigenvalue weighted by Gasteiger charge is -2.36. The van der Waals surface area contributed by atoms with E-state index < -0.39 is 29.9 Å². The number of benzene rings is 2. The molecule has 1 aliphatic carbocycles. The summed E-state index contributed by atoms with van der Waals surface area (Å²) < 4.78 is 19.7. The minimum Gasteiger partial charge on any atom is -0.450 e. The highest BCUT2D eigenvalue weighted by Crippen LogP contribution is 2.34. The van der Waals surface area contributed by atoms with Crippen molar-refractivity contribution in [1.29, 1.82) is 0 Å². The van der Waals surface area contributed by atoms with Crippen LogP contribution in [-0.4, -0.2) is 48.0 Å². The van der Waals surface area contributed by atoms with E-state index in [4.69, 9.17) is 4.74 Å². The molecule has 3 amide bonds. The van der Waals surface area contributed by atoms with Crippen LogP contribution in [0, 0.1) is 12.7 Å². The quantitative estimate of drug-likeness (QED) is 0.551. The summed E-state index contributed by atoms with van der Waals surface area (Å²) in [5.41, 5.74) is 1.77. The third-order valence-electron chi connectivity index (χ3n) is 7.31. The monoisotopic (exact) mass is 509 g/mol. The molecule has 4 rings (SSSR count). The fraction of sp³-hybridized carbons (Fsp3) is 0.483. The van der Waals surface area contributed by atoms with Crippen LogP contribution in [0.5, 0.6) is 0 Å². The van der Waals surface area contributed by atoms with Crippen LogP contribution in [-0.2, 0) is 14.3 Å². The van der Waals surface area contributed by atoms with Gasteiger partial charge in [-0.25, -0.2) is 9.18 Å². The number of carbonyl (C=O) groups excluding carboxylic acids is 3. The highest BCUT2D eigenvalue weighted by molar-refractivity contribution is 6.05. The van der Waals surface area contributed by atoms with Gasteiger partial charge in [0.25, 0.3) is 5.91 Å². The van der Waals surface area contributed by atoms with Crippen LogP contribution < -0.4 is 10.2 Å². The van der Waals surface area contributed by atoms with Gasteiger partial charge in [-0.05, 0) is 68.9 Å². The molecular weight excluding hydrogens is 473 g/mol. The number of nitrogens with one attached hydrogen (secondary N) is 1. The number of aryl methyl sites for hydroxylation is 1. The maximum Gasteiger partial charge on any atom is 0.410 e. The molecule has 0 spiro atoms. The van der Waals surface area contributed by atoms with Crippen molar-refractivity contribution in [2.24, 2.45) is 0 Å². The van der Waals surface area contributed by atoms with Crippen LogP contribution in [0.4, 0.5) is 14.9 Å². The molecule has 1 aliphatic heterocycles. The Bertz CT molecular complexity index is 1120. The minimum atomic E-state index is -1.03. The molecule has 1 heterocycles. The Morgan fingerprint density at radius 3 is 2.51 bits per heavy atom. The average Bonchev–Trinajstić information content (AvgIpc) is 3.38. The van der Waals surface area contributed by atoms with Gasteiger partial charge in [0, 0.05) is 18.3 Å². The minimum absolute atomic E-state index is 0.0275. The lowest BCUT2D eigenvalue weighted by molar-refractivity contribution is -0.129. The molecule has 0 radical (unpaired) electrons. The Morgan fingerprint density at radius 1 is 1.05 bits per heavy atom. The number of likely N-dealkylation sites (tertiary alicyclic amines) is 1. The first-order valence-corrected chi connectivity index (χ1v) is 13.3. The average molecular weight is 510 g/mol. The highest BCUT2D eigenvalue weighted by atomic mass is 19.1. The first kappa shape index (κ1) is 26.6. The number of amides is 3. The normalized spacial score (nSPS) is 18.8. The number of carbonyl (C=O) groups is 3. The maximum atomic E-state index is 14.5. The second-order valence-corrected chi connectivity index (χ2v) is 9.84. The molecule has 0 aromatic heterocycles. The Hall–Kier alpha value is -3.42. The standard InChI is InChI=1S/C29H36FN3O4/c1-3-37-29(36)32-18-10-17-25(32)28(35)33(23-15-9-12-21(30)19-23)26(24-16-8-7-11-20(24)2)27(34)31-22-13-5-4-6-14-22/h7-9,11-12,15-16,19,22,25-26H,3-6,10,13-14,17-18H2,1-2H3,(H,31,34)/t25-,26?/m0/s1. The molecule has 37 heavy (non-hydrogen) atoms. The summed E-state index contributed by atoms with van der Waals surface area (Å²) in [4.78, 5) is 43.7. The molecule has 7 nitrogen and oxygen atoms in total. The zero-order chi connectivity index (χ0) is 26.4. The molecule has 198 valence electrons. The lowest BCUT2D eigenvalue weighted by atomic mass is 9.93. The fourth-order valence-corrected chi connectivity index (χ4v) is 5.46. The predicted octanol–water partition coefficient (Wildman–Crippen LogP) is 5.28. The Balaban J connectivity index is 1.78. The molecule has 1 saturated heterocycles. The first-order valence-electron chi connectivity index (χ1n) is 13.3. The third kappa shape index (κ3) is 6.12. The van der Waals surface area contributed by atoms with Gasteiger partial charge in [-0.2, -0.15) is 0 Å². The Kier molecular flexibility index (Phi) is 8.79. The lowest BCUT2D eigenvalue weighted by Crippen LogP contribution is -2.53. The van der Waals surface area contributed by atoms with E-state index in [2.05, 4.69) is 5.32 Å². The van der Waals surface area contributed by atoms with E-state index in [1.807, 2.05) is 31.2 Å². The number of nitrogens with zero attached hydrogens (tertiary/aromatic N) is 2. The first-order chi connectivity index (χ1) is 17.9. The van der Waals surface area contributed by atoms with Crippen molar-refractivity contribution in [2.45, 2.75) is 76.9 Å². The molecule has 2 atom stereocenters. The maximum absolute atomic E-state index is 14.5. The smallest absolute Gasteiger partial charge is 0.410 e. The summed E-state index contributed by atoms with van der Waals surface area (Å²) in [7, 11) is 0. The van der Waals surface area contributed by atoms with E-state index in [0.717, 1.165) is 37.7 Å². The van der Waals surface area contributed by atoms with Gasteiger partial charge in [0.15, 0.2) is 0 Å². The van der Waals surface area contributed by atoms with Crippen LogP contribution in [0.25, 0.3) is 0 Å². The van der Waals surface area contributed by atoms with Gasteiger partial charge in [-0.1, -0.05) is 49.6 Å². The van der Waals surface area contributed by atoms with Gasteiger partial charge >= 0.3 is 6.09 Å². The topological polar surface area (TPSA) is 79.0 Å². The number of anilines is 1. The second-order valence-electron chi connectivity index (χ2n) is 9.84. The Labute approximate surface area is 218 Å². The van der Waals surface area contributed by atoms with E-state index in [-0.39, 0.29) is 24.2 Å². The zero-order valence-corrected chi connectivity index (χ0v) is 21.6. The number of rotatable bonds is 7.